The Hall–Kier alpha value is -3.27. The molecule has 1 atom stereocenters. The van der Waals surface area contributed by atoms with Gasteiger partial charge in [-0.15, -0.1) is 5.10 Å². The zero-order valence-electron chi connectivity index (χ0n) is 17.2. The van der Waals surface area contributed by atoms with Gasteiger partial charge < -0.3 is 19.9 Å². The lowest BCUT2D eigenvalue weighted by Crippen LogP contribution is -2.25. The molecule has 0 aliphatic carbocycles. The van der Waals surface area contributed by atoms with Gasteiger partial charge in [-0.25, -0.2) is 0 Å². The van der Waals surface area contributed by atoms with Crippen molar-refractivity contribution in [3.05, 3.63) is 47.5 Å². The van der Waals surface area contributed by atoms with Crippen molar-refractivity contribution in [2.24, 2.45) is 0 Å². The number of hydrogen-bond acceptors (Lipinski definition) is 8. The minimum atomic E-state index is -0.150. The number of phenols is 1. The summed E-state index contributed by atoms with van der Waals surface area (Å²) in [6.07, 6.45) is 0.999. The molecule has 2 heterocycles. The molecule has 1 amide bonds. The second-order valence-electron chi connectivity index (χ2n) is 7.09. The number of phenolic OH excluding ortho intramolecular Hbond substituents is 1. The number of aromatic hydroxyl groups is 1. The summed E-state index contributed by atoms with van der Waals surface area (Å²) < 4.78 is 13.1. The average molecular weight is 442 g/mol. The number of fused-ring (bicyclic) bond motifs is 1. The highest BCUT2D eigenvalue weighted by molar-refractivity contribution is 7.99. The third-order valence-electron chi connectivity index (χ3n) is 4.72. The topological polar surface area (TPSA) is 111 Å². The number of ether oxygens (including phenoxy) is 2. The first kappa shape index (κ1) is 21.0. The maximum Gasteiger partial charge on any atom is 0.230 e. The fourth-order valence-corrected chi connectivity index (χ4v) is 4.03. The van der Waals surface area contributed by atoms with Crippen LogP contribution in [0.2, 0.25) is 0 Å². The number of hydrogen-bond donors (Lipinski definition) is 2. The second kappa shape index (κ2) is 9.25. The molecule has 0 bridgehead atoms. The van der Waals surface area contributed by atoms with Gasteiger partial charge in [0.05, 0.1) is 18.0 Å². The highest BCUT2D eigenvalue weighted by atomic mass is 32.2. The summed E-state index contributed by atoms with van der Waals surface area (Å²) in [6, 6.07) is 10.4. The van der Waals surface area contributed by atoms with Crippen molar-refractivity contribution >= 4 is 17.7 Å². The third-order valence-corrected chi connectivity index (χ3v) is 5.64. The highest BCUT2D eigenvalue weighted by Gasteiger charge is 2.22. The maximum atomic E-state index is 12.4. The van der Waals surface area contributed by atoms with Crippen molar-refractivity contribution in [1.82, 2.24) is 25.5 Å². The van der Waals surface area contributed by atoms with Crippen molar-refractivity contribution in [3.63, 3.8) is 0 Å². The molecule has 2 aromatic carbocycles. The van der Waals surface area contributed by atoms with E-state index < -0.39 is 0 Å². The predicted octanol–water partition coefficient (Wildman–Crippen LogP) is 2.50. The van der Waals surface area contributed by atoms with E-state index in [4.69, 9.17) is 9.47 Å². The molecule has 0 radical (unpaired) electrons. The molecule has 162 valence electrons. The number of aromatic nitrogens is 4. The van der Waals surface area contributed by atoms with Crippen LogP contribution in [0.5, 0.6) is 17.2 Å². The Balaban J connectivity index is 1.37. The molecule has 2 N–H and O–H groups in total. The van der Waals surface area contributed by atoms with Crippen molar-refractivity contribution in [1.29, 1.82) is 0 Å². The molecule has 1 aliphatic heterocycles. The van der Waals surface area contributed by atoms with Gasteiger partial charge in [-0.1, -0.05) is 11.8 Å². The number of thioether (sulfide) groups is 1. The Labute approximate surface area is 183 Å². The minimum Gasteiger partial charge on any atom is -0.508 e. The first-order chi connectivity index (χ1) is 15.0. The van der Waals surface area contributed by atoms with Crippen LogP contribution in [-0.2, 0) is 17.8 Å². The zero-order valence-corrected chi connectivity index (χ0v) is 18.1. The number of rotatable bonds is 8. The Morgan fingerprint density at radius 3 is 2.94 bits per heavy atom. The maximum absolute atomic E-state index is 12.4. The summed E-state index contributed by atoms with van der Waals surface area (Å²) in [5, 5.41) is 24.4. The van der Waals surface area contributed by atoms with E-state index in [1.165, 1.54) is 16.4 Å². The molecule has 4 rings (SSSR count). The van der Waals surface area contributed by atoms with E-state index in [-0.39, 0.29) is 23.5 Å². The lowest BCUT2D eigenvalue weighted by atomic mass is 10.1. The molecule has 0 spiro atoms. The summed E-state index contributed by atoms with van der Waals surface area (Å²) in [5.41, 5.74) is 2.70. The number of carbonyl (C=O) groups excluding carboxylic acids is 1. The van der Waals surface area contributed by atoms with Gasteiger partial charge in [-0.05, 0) is 60.7 Å². The summed E-state index contributed by atoms with van der Waals surface area (Å²) in [7, 11) is 0. The molecule has 0 unspecified atom stereocenters. The first-order valence-electron chi connectivity index (χ1n) is 9.96. The highest BCUT2D eigenvalue weighted by Crippen LogP contribution is 2.35. The normalized spacial score (nSPS) is 14.7. The SMILES string of the molecule is CCOc1cc2c(cc1CNC(=O)CSc1nnnn1-c1ccc(O)cc1)O[C@@H](C)C2. The van der Waals surface area contributed by atoms with Crippen LogP contribution in [0.1, 0.15) is 25.0 Å². The first-order valence-corrected chi connectivity index (χ1v) is 10.9. The van der Waals surface area contributed by atoms with Crippen LogP contribution >= 0.6 is 11.8 Å². The fraction of sp³-hybridized carbons (Fsp3) is 0.333. The Morgan fingerprint density at radius 1 is 1.35 bits per heavy atom. The Bertz CT molecular complexity index is 1070. The van der Waals surface area contributed by atoms with Gasteiger partial charge in [-0.2, -0.15) is 4.68 Å². The molecule has 0 saturated carbocycles. The predicted molar refractivity (Wildman–Crippen MR) is 115 cm³/mol. The number of nitrogens with zero attached hydrogens (tertiary/aromatic N) is 4. The van der Waals surface area contributed by atoms with E-state index in [1.807, 2.05) is 26.0 Å². The summed E-state index contributed by atoms with van der Waals surface area (Å²) in [5.74, 6) is 1.78. The smallest absolute Gasteiger partial charge is 0.230 e. The van der Waals surface area contributed by atoms with Gasteiger partial charge in [0.2, 0.25) is 11.1 Å². The van der Waals surface area contributed by atoms with E-state index in [9.17, 15) is 9.90 Å². The fourth-order valence-electron chi connectivity index (χ4n) is 3.31. The van der Waals surface area contributed by atoms with Crippen molar-refractivity contribution < 1.29 is 19.4 Å². The van der Waals surface area contributed by atoms with Crippen LogP contribution in [0, 0.1) is 0 Å². The molecule has 10 heteroatoms. The average Bonchev–Trinajstić information content (AvgIpc) is 3.36. The Kier molecular flexibility index (Phi) is 6.26. The van der Waals surface area contributed by atoms with Crippen LogP contribution < -0.4 is 14.8 Å². The number of tetrazole rings is 1. The number of benzene rings is 2. The van der Waals surface area contributed by atoms with Crippen molar-refractivity contribution in [2.45, 2.75) is 38.1 Å². The van der Waals surface area contributed by atoms with Crippen LogP contribution in [0.3, 0.4) is 0 Å². The van der Waals surface area contributed by atoms with Gasteiger partial charge >= 0.3 is 0 Å². The third kappa shape index (κ3) is 4.91. The van der Waals surface area contributed by atoms with Gasteiger partial charge in [-0.3, -0.25) is 4.79 Å². The largest absolute Gasteiger partial charge is 0.508 e. The van der Waals surface area contributed by atoms with E-state index in [0.29, 0.717) is 24.0 Å². The van der Waals surface area contributed by atoms with Gasteiger partial charge in [0.15, 0.2) is 0 Å². The van der Waals surface area contributed by atoms with Crippen LogP contribution in [0.4, 0.5) is 0 Å². The van der Waals surface area contributed by atoms with Crippen molar-refractivity contribution in [3.8, 4) is 22.9 Å². The van der Waals surface area contributed by atoms with Crippen LogP contribution in [-0.4, -0.2) is 49.7 Å². The van der Waals surface area contributed by atoms with Gasteiger partial charge in [0.25, 0.3) is 0 Å². The summed E-state index contributed by atoms with van der Waals surface area (Å²) in [4.78, 5) is 12.4. The van der Waals surface area contributed by atoms with E-state index >= 15 is 0 Å². The molecule has 0 saturated heterocycles. The monoisotopic (exact) mass is 441 g/mol. The number of amides is 1. The van der Waals surface area contributed by atoms with Gasteiger partial charge in [0, 0.05) is 24.1 Å². The lowest BCUT2D eigenvalue weighted by Gasteiger charge is -2.13. The Morgan fingerprint density at radius 2 is 2.16 bits per heavy atom. The standard InChI is InChI=1S/C21H23N5O4S/c1-3-29-18-9-14-8-13(2)30-19(14)10-15(18)11-22-20(28)12-31-21-23-24-25-26(21)16-4-6-17(27)7-5-16/h4-7,9-10,13,27H,3,8,11-12H2,1-2H3,(H,22,28)/t13-/m0/s1. The van der Waals surface area contributed by atoms with Crippen LogP contribution in [0.25, 0.3) is 5.69 Å². The molecule has 1 aromatic heterocycles. The minimum absolute atomic E-state index is 0.144. The van der Waals surface area contributed by atoms with E-state index in [1.54, 1.807) is 24.3 Å². The lowest BCUT2D eigenvalue weighted by molar-refractivity contribution is -0.118. The van der Waals surface area contributed by atoms with E-state index in [0.717, 1.165) is 29.0 Å². The molecule has 9 nitrogen and oxygen atoms in total. The molecule has 1 aliphatic rings. The molecular weight excluding hydrogens is 418 g/mol. The number of nitrogens with one attached hydrogen (secondary N) is 1. The summed E-state index contributed by atoms with van der Waals surface area (Å²) >= 11 is 1.23. The second-order valence-corrected chi connectivity index (χ2v) is 8.03. The molecule has 3 aromatic rings. The molecule has 0 fully saturated rings. The quantitative estimate of drug-likeness (QED) is 0.513. The molecular formula is C21H23N5O4S. The zero-order chi connectivity index (χ0) is 21.8. The van der Waals surface area contributed by atoms with E-state index in [2.05, 4.69) is 20.8 Å². The molecule has 31 heavy (non-hydrogen) atoms. The van der Waals surface area contributed by atoms with Gasteiger partial charge in [0.1, 0.15) is 23.4 Å². The van der Waals surface area contributed by atoms with Crippen molar-refractivity contribution in [2.75, 3.05) is 12.4 Å². The summed E-state index contributed by atoms with van der Waals surface area (Å²) in [6.45, 7) is 4.85. The van der Waals surface area contributed by atoms with Crippen LogP contribution in [0.15, 0.2) is 41.6 Å². The number of carbonyl (C=O) groups is 1.